The van der Waals surface area contributed by atoms with Gasteiger partial charge in [-0.2, -0.15) is 13.9 Å². The molecule has 0 saturated heterocycles. The summed E-state index contributed by atoms with van der Waals surface area (Å²) in [6.07, 6.45) is 6.91. The number of aliphatic imine (C=N–C) groups is 1. The number of guanidine groups is 1. The van der Waals surface area contributed by atoms with Gasteiger partial charge in [-0.25, -0.2) is 0 Å². The molecule has 172 valence electrons. The van der Waals surface area contributed by atoms with Crippen molar-refractivity contribution >= 4 is 29.9 Å². The van der Waals surface area contributed by atoms with E-state index < -0.39 is 6.61 Å². The van der Waals surface area contributed by atoms with E-state index in [-0.39, 0.29) is 42.0 Å². The van der Waals surface area contributed by atoms with Gasteiger partial charge in [-0.15, -0.1) is 24.0 Å². The summed E-state index contributed by atoms with van der Waals surface area (Å²) in [7, 11) is 1.65. The lowest BCUT2D eigenvalue weighted by atomic mass is 10.2. The van der Waals surface area contributed by atoms with Crippen LogP contribution in [-0.4, -0.2) is 36.0 Å². The van der Waals surface area contributed by atoms with Gasteiger partial charge in [-0.3, -0.25) is 9.67 Å². The maximum absolute atomic E-state index is 12.9. The molecule has 0 atom stereocenters. The number of halogens is 3. The maximum atomic E-state index is 12.9. The first kappa shape index (κ1) is 25.2. The Morgan fingerprint density at radius 3 is 2.65 bits per heavy atom. The molecular formula is C21H30F2IN5O2. The van der Waals surface area contributed by atoms with Gasteiger partial charge in [-0.05, 0) is 31.9 Å². The van der Waals surface area contributed by atoms with E-state index in [0.29, 0.717) is 30.7 Å². The Morgan fingerprint density at radius 2 is 1.97 bits per heavy atom. The number of rotatable bonds is 9. The van der Waals surface area contributed by atoms with E-state index in [0.717, 1.165) is 5.69 Å². The molecule has 0 unspecified atom stereocenters. The van der Waals surface area contributed by atoms with Gasteiger partial charge < -0.3 is 20.1 Å². The van der Waals surface area contributed by atoms with E-state index >= 15 is 0 Å². The van der Waals surface area contributed by atoms with Crippen LogP contribution in [0.15, 0.2) is 35.5 Å². The second kappa shape index (κ2) is 12.7. The molecule has 10 heteroatoms. The van der Waals surface area contributed by atoms with E-state index in [1.165, 1.54) is 25.7 Å². The molecule has 1 aliphatic carbocycles. The monoisotopic (exact) mass is 549 g/mol. The van der Waals surface area contributed by atoms with Crippen molar-refractivity contribution in [2.24, 2.45) is 4.99 Å². The zero-order valence-corrected chi connectivity index (χ0v) is 20.1. The van der Waals surface area contributed by atoms with Crippen LogP contribution < -0.4 is 20.1 Å². The third-order valence-electron chi connectivity index (χ3n) is 5.04. The summed E-state index contributed by atoms with van der Waals surface area (Å²) in [6.45, 7) is -0.0278. The van der Waals surface area contributed by atoms with Gasteiger partial charge in [0, 0.05) is 25.4 Å². The van der Waals surface area contributed by atoms with Gasteiger partial charge in [0.1, 0.15) is 0 Å². The van der Waals surface area contributed by atoms with E-state index in [9.17, 15) is 8.78 Å². The smallest absolute Gasteiger partial charge is 0.387 e. The second-order valence-electron chi connectivity index (χ2n) is 7.06. The molecule has 0 radical (unpaired) electrons. The Bertz CT molecular complexity index is 841. The van der Waals surface area contributed by atoms with Crippen molar-refractivity contribution in [3.05, 3.63) is 41.7 Å². The molecular weight excluding hydrogens is 519 g/mol. The maximum Gasteiger partial charge on any atom is 0.387 e. The summed E-state index contributed by atoms with van der Waals surface area (Å²) < 4.78 is 37.9. The SMILES string of the molecule is CCOc1cccc(CNC(=NC)NCc2ccn(C3CCCC3)n2)c1OC(F)F.I. The highest BCUT2D eigenvalue weighted by Gasteiger charge is 2.18. The summed E-state index contributed by atoms with van der Waals surface area (Å²) >= 11 is 0. The van der Waals surface area contributed by atoms with Crippen molar-refractivity contribution in [1.82, 2.24) is 20.4 Å². The van der Waals surface area contributed by atoms with Crippen molar-refractivity contribution in [2.45, 2.75) is 58.3 Å². The minimum atomic E-state index is -2.93. The van der Waals surface area contributed by atoms with Crippen molar-refractivity contribution in [1.29, 1.82) is 0 Å². The molecule has 31 heavy (non-hydrogen) atoms. The van der Waals surface area contributed by atoms with Gasteiger partial charge in [0.05, 0.1) is 24.9 Å². The van der Waals surface area contributed by atoms with Crippen molar-refractivity contribution in [3.63, 3.8) is 0 Å². The minimum Gasteiger partial charge on any atom is -0.490 e. The van der Waals surface area contributed by atoms with Gasteiger partial charge >= 0.3 is 6.61 Å². The topological polar surface area (TPSA) is 72.7 Å². The molecule has 0 amide bonds. The number of hydrogen-bond acceptors (Lipinski definition) is 4. The van der Waals surface area contributed by atoms with Crippen LogP contribution in [0, 0.1) is 0 Å². The molecule has 3 rings (SSSR count). The number of ether oxygens (including phenoxy) is 2. The Kier molecular flexibility index (Phi) is 10.3. The fraction of sp³-hybridized carbons (Fsp3) is 0.524. The number of nitrogens with zero attached hydrogens (tertiary/aromatic N) is 3. The lowest BCUT2D eigenvalue weighted by molar-refractivity contribution is -0.0520. The molecule has 0 aliphatic heterocycles. The Balaban J connectivity index is 0.00000341. The number of hydrogen-bond donors (Lipinski definition) is 2. The van der Waals surface area contributed by atoms with Crippen LogP contribution in [0.3, 0.4) is 0 Å². The van der Waals surface area contributed by atoms with Crippen LogP contribution in [-0.2, 0) is 13.1 Å². The summed E-state index contributed by atoms with van der Waals surface area (Å²) in [5.74, 6) is 0.861. The second-order valence-corrected chi connectivity index (χ2v) is 7.06. The Labute approximate surface area is 198 Å². The molecule has 1 saturated carbocycles. The first-order valence-corrected chi connectivity index (χ1v) is 10.3. The van der Waals surface area contributed by atoms with E-state index in [2.05, 4.69) is 20.7 Å². The third kappa shape index (κ3) is 7.22. The summed E-state index contributed by atoms with van der Waals surface area (Å²) in [5, 5.41) is 11.0. The van der Waals surface area contributed by atoms with Gasteiger partial charge in [-0.1, -0.05) is 25.0 Å². The van der Waals surface area contributed by atoms with Gasteiger partial charge in [0.15, 0.2) is 17.5 Å². The van der Waals surface area contributed by atoms with E-state index in [4.69, 9.17) is 9.47 Å². The normalized spacial score (nSPS) is 14.4. The molecule has 1 heterocycles. The van der Waals surface area contributed by atoms with Crippen LogP contribution >= 0.6 is 24.0 Å². The van der Waals surface area contributed by atoms with Crippen molar-refractivity contribution < 1.29 is 18.3 Å². The predicted molar refractivity (Wildman–Crippen MR) is 126 cm³/mol. The highest BCUT2D eigenvalue weighted by atomic mass is 127. The highest BCUT2D eigenvalue weighted by Crippen LogP contribution is 2.32. The highest BCUT2D eigenvalue weighted by molar-refractivity contribution is 14.0. The Morgan fingerprint density at radius 1 is 1.23 bits per heavy atom. The zero-order chi connectivity index (χ0) is 21.3. The van der Waals surface area contributed by atoms with Gasteiger partial charge in [0.2, 0.25) is 0 Å². The first-order chi connectivity index (χ1) is 14.6. The molecule has 7 nitrogen and oxygen atoms in total. The number of aromatic nitrogens is 2. The average molecular weight is 549 g/mol. The quantitative estimate of drug-likeness (QED) is 0.274. The van der Waals surface area contributed by atoms with Crippen LogP contribution in [0.2, 0.25) is 0 Å². The molecule has 2 aromatic rings. The first-order valence-electron chi connectivity index (χ1n) is 10.3. The molecule has 1 aromatic carbocycles. The van der Waals surface area contributed by atoms with Crippen LogP contribution in [0.4, 0.5) is 8.78 Å². The Hall–Kier alpha value is -2.11. The van der Waals surface area contributed by atoms with Crippen molar-refractivity contribution in [3.8, 4) is 11.5 Å². The zero-order valence-electron chi connectivity index (χ0n) is 17.8. The molecule has 0 bridgehead atoms. The lowest BCUT2D eigenvalue weighted by Crippen LogP contribution is -2.36. The number of para-hydroxylation sites is 1. The van der Waals surface area contributed by atoms with Crippen LogP contribution in [0.25, 0.3) is 0 Å². The summed E-state index contributed by atoms with van der Waals surface area (Å²) in [4.78, 5) is 4.19. The fourth-order valence-corrected chi connectivity index (χ4v) is 3.61. The molecule has 0 spiro atoms. The molecule has 1 aromatic heterocycles. The standard InChI is InChI=1S/C21H29F2N5O2.HI/c1-3-29-18-10-6-7-15(19(18)30-20(22)23)13-25-21(24-2)26-14-16-11-12-28(27-16)17-8-4-5-9-17;/h6-7,10-12,17,20H,3-5,8-9,13-14H2,1-2H3,(H2,24,25,26);1H. The summed E-state index contributed by atoms with van der Waals surface area (Å²) in [6, 6.07) is 7.56. The van der Waals surface area contributed by atoms with Crippen LogP contribution in [0.1, 0.15) is 49.9 Å². The predicted octanol–water partition coefficient (Wildman–Crippen LogP) is 4.48. The lowest BCUT2D eigenvalue weighted by Gasteiger charge is -2.17. The number of benzene rings is 1. The van der Waals surface area contributed by atoms with Crippen LogP contribution in [0.5, 0.6) is 11.5 Å². The molecule has 1 aliphatic rings. The largest absolute Gasteiger partial charge is 0.490 e. The van der Waals surface area contributed by atoms with Gasteiger partial charge in [0.25, 0.3) is 0 Å². The average Bonchev–Trinajstić information content (AvgIpc) is 3.41. The number of alkyl halides is 2. The van der Waals surface area contributed by atoms with E-state index in [1.807, 2.05) is 16.9 Å². The molecule has 1 fully saturated rings. The van der Waals surface area contributed by atoms with Crippen molar-refractivity contribution in [2.75, 3.05) is 13.7 Å². The van der Waals surface area contributed by atoms with E-state index in [1.54, 1.807) is 32.2 Å². The third-order valence-corrected chi connectivity index (χ3v) is 5.04. The summed E-state index contributed by atoms with van der Waals surface area (Å²) in [5.41, 5.74) is 1.47. The minimum absolute atomic E-state index is 0. The fourth-order valence-electron chi connectivity index (χ4n) is 3.61. The number of nitrogens with one attached hydrogen (secondary N) is 2. The molecule has 2 N–H and O–H groups in total.